The summed E-state index contributed by atoms with van der Waals surface area (Å²) in [5, 5.41) is 22.6. The predicted octanol–water partition coefficient (Wildman–Crippen LogP) is 4.94. The van der Waals surface area contributed by atoms with Gasteiger partial charge in [-0.15, -0.1) is 11.3 Å². The Bertz CT molecular complexity index is 457. The second-order valence-corrected chi connectivity index (χ2v) is 6.95. The molecule has 1 aliphatic carbocycles. The molecule has 2 rings (SSSR count). The molecule has 0 amide bonds. The Hall–Kier alpha value is -0.560. The van der Waals surface area contributed by atoms with E-state index in [1.165, 1.54) is 24.2 Å². The van der Waals surface area contributed by atoms with Gasteiger partial charge < -0.3 is 5.11 Å². The molecule has 0 aromatic carbocycles. The molecule has 1 unspecified atom stereocenters. The van der Waals surface area contributed by atoms with Gasteiger partial charge in [-0.1, -0.05) is 31.4 Å². The fourth-order valence-electron chi connectivity index (χ4n) is 3.08. The summed E-state index contributed by atoms with van der Waals surface area (Å²) in [6, 6.07) is 4.19. The largest absolute Gasteiger partial charge is 0.386 e. The molecule has 104 valence electrons. The maximum Gasteiger partial charge on any atom is 0.107 e. The SMILES string of the molecule is CCCC1CCC(C#N)(C(O)c2cc(Cl)cs2)CC1. The van der Waals surface area contributed by atoms with Gasteiger partial charge in [-0.2, -0.15) is 5.26 Å². The van der Waals surface area contributed by atoms with Crippen molar-refractivity contribution in [2.45, 2.75) is 51.6 Å². The van der Waals surface area contributed by atoms with Gasteiger partial charge in [0, 0.05) is 10.3 Å². The van der Waals surface area contributed by atoms with E-state index in [9.17, 15) is 10.4 Å². The zero-order chi connectivity index (χ0) is 13.9. The molecule has 19 heavy (non-hydrogen) atoms. The third kappa shape index (κ3) is 3.13. The van der Waals surface area contributed by atoms with Crippen LogP contribution in [0.2, 0.25) is 5.02 Å². The number of halogens is 1. The number of aliphatic hydroxyl groups is 1. The van der Waals surface area contributed by atoms with E-state index < -0.39 is 11.5 Å². The number of rotatable bonds is 4. The molecule has 1 heterocycles. The predicted molar refractivity (Wildman–Crippen MR) is 79.2 cm³/mol. The van der Waals surface area contributed by atoms with Crippen LogP contribution in [-0.2, 0) is 0 Å². The van der Waals surface area contributed by atoms with Gasteiger partial charge in [0.05, 0.1) is 16.5 Å². The van der Waals surface area contributed by atoms with E-state index in [4.69, 9.17) is 11.6 Å². The number of thiophene rings is 1. The minimum absolute atomic E-state index is 0.613. The Morgan fingerprint density at radius 2 is 2.26 bits per heavy atom. The summed E-state index contributed by atoms with van der Waals surface area (Å²) >= 11 is 7.36. The Morgan fingerprint density at radius 1 is 1.58 bits per heavy atom. The maximum atomic E-state index is 10.6. The van der Waals surface area contributed by atoms with Crippen LogP contribution in [0, 0.1) is 22.7 Å². The summed E-state index contributed by atoms with van der Waals surface area (Å²) in [4.78, 5) is 0.820. The third-order valence-electron chi connectivity index (χ3n) is 4.30. The summed E-state index contributed by atoms with van der Waals surface area (Å²) in [5.41, 5.74) is -0.613. The van der Waals surface area contributed by atoms with E-state index in [0.29, 0.717) is 5.02 Å². The van der Waals surface area contributed by atoms with Gasteiger partial charge in [0.25, 0.3) is 0 Å². The molecule has 1 atom stereocenters. The summed E-state index contributed by atoms with van der Waals surface area (Å²) in [6.07, 6.45) is 5.44. The minimum Gasteiger partial charge on any atom is -0.386 e. The Morgan fingerprint density at radius 3 is 2.74 bits per heavy atom. The highest BCUT2D eigenvalue weighted by atomic mass is 35.5. The minimum atomic E-state index is -0.697. The average Bonchev–Trinajstić information content (AvgIpc) is 2.86. The van der Waals surface area contributed by atoms with Crippen molar-refractivity contribution in [1.29, 1.82) is 5.26 Å². The third-order valence-corrected chi connectivity index (χ3v) is 5.63. The maximum absolute atomic E-state index is 10.6. The number of nitrogens with zero attached hydrogens (tertiary/aromatic N) is 1. The van der Waals surface area contributed by atoms with Crippen molar-refractivity contribution in [2.75, 3.05) is 0 Å². The number of hydrogen-bond donors (Lipinski definition) is 1. The van der Waals surface area contributed by atoms with Crippen LogP contribution in [0.25, 0.3) is 0 Å². The van der Waals surface area contributed by atoms with Crippen LogP contribution in [0.3, 0.4) is 0 Å². The summed E-state index contributed by atoms with van der Waals surface area (Å²) in [5.74, 6) is 0.727. The summed E-state index contributed by atoms with van der Waals surface area (Å²) in [6.45, 7) is 2.20. The Kier molecular flexibility index (Phi) is 4.89. The van der Waals surface area contributed by atoms with E-state index in [1.54, 1.807) is 6.07 Å². The van der Waals surface area contributed by atoms with E-state index in [0.717, 1.165) is 36.5 Å². The second kappa shape index (κ2) is 6.26. The van der Waals surface area contributed by atoms with Gasteiger partial charge in [0.2, 0.25) is 0 Å². The lowest BCUT2D eigenvalue weighted by Gasteiger charge is -2.37. The zero-order valence-corrected chi connectivity index (χ0v) is 12.8. The first kappa shape index (κ1) is 14.8. The fraction of sp³-hybridized carbons (Fsp3) is 0.667. The van der Waals surface area contributed by atoms with Crippen LogP contribution in [0.5, 0.6) is 0 Å². The van der Waals surface area contributed by atoms with Crippen LogP contribution in [0.4, 0.5) is 0 Å². The first-order valence-electron chi connectivity index (χ1n) is 6.94. The van der Waals surface area contributed by atoms with E-state index in [1.807, 2.05) is 5.38 Å². The molecular formula is C15H20ClNOS. The smallest absolute Gasteiger partial charge is 0.107 e. The summed E-state index contributed by atoms with van der Waals surface area (Å²) in [7, 11) is 0. The number of hydrogen-bond acceptors (Lipinski definition) is 3. The molecule has 1 aromatic rings. The molecule has 0 radical (unpaired) electrons. The molecule has 1 fully saturated rings. The van der Waals surface area contributed by atoms with Crippen molar-refractivity contribution in [3.63, 3.8) is 0 Å². The molecule has 1 aromatic heterocycles. The van der Waals surface area contributed by atoms with Gasteiger partial charge >= 0.3 is 0 Å². The van der Waals surface area contributed by atoms with Crippen molar-refractivity contribution >= 4 is 22.9 Å². The van der Waals surface area contributed by atoms with Crippen molar-refractivity contribution in [2.24, 2.45) is 11.3 Å². The van der Waals surface area contributed by atoms with E-state index in [2.05, 4.69) is 13.0 Å². The highest BCUT2D eigenvalue weighted by Gasteiger charge is 2.42. The van der Waals surface area contributed by atoms with E-state index in [-0.39, 0.29) is 0 Å². The number of aliphatic hydroxyl groups excluding tert-OH is 1. The number of nitriles is 1. The standard InChI is InChI=1S/C15H20ClNOS/c1-2-3-11-4-6-15(10-17,7-5-11)14(18)13-8-12(16)9-19-13/h8-9,11,14,18H,2-7H2,1H3. The first-order chi connectivity index (χ1) is 9.11. The summed E-state index contributed by atoms with van der Waals surface area (Å²) < 4.78 is 0. The van der Waals surface area contributed by atoms with Crippen molar-refractivity contribution in [3.05, 3.63) is 21.3 Å². The van der Waals surface area contributed by atoms with Crippen molar-refractivity contribution in [3.8, 4) is 6.07 Å². The normalized spacial score (nSPS) is 28.8. The van der Waals surface area contributed by atoms with E-state index >= 15 is 0 Å². The molecular weight excluding hydrogens is 278 g/mol. The molecule has 0 spiro atoms. The monoisotopic (exact) mass is 297 g/mol. The lowest BCUT2D eigenvalue weighted by molar-refractivity contribution is 0.0261. The van der Waals surface area contributed by atoms with Gasteiger partial charge in [0.15, 0.2) is 0 Å². The Balaban J connectivity index is 2.10. The zero-order valence-electron chi connectivity index (χ0n) is 11.2. The van der Waals surface area contributed by atoms with Crippen molar-refractivity contribution < 1.29 is 5.11 Å². The van der Waals surface area contributed by atoms with Crippen LogP contribution < -0.4 is 0 Å². The molecule has 2 nitrogen and oxygen atoms in total. The van der Waals surface area contributed by atoms with Gasteiger partial charge in [-0.05, 0) is 37.7 Å². The van der Waals surface area contributed by atoms with Crippen LogP contribution in [0.15, 0.2) is 11.4 Å². The Labute approximate surface area is 124 Å². The quantitative estimate of drug-likeness (QED) is 0.856. The second-order valence-electron chi connectivity index (χ2n) is 5.57. The molecule has 1 saturated carbocycles. The molecule has 0 aliphatic heterocycles. The van der Waals surface area contributed by atoms with Gasteiger partial charge in [-0.3, -0.25) is 0 Å². The van der Waals surface area contributed by atoms with Crippen LogP contribution >= 0.6 is 22.9 Å². The van der Waals surface area contributed by atoms with Crippen LogP contribution in [-0.4, -0.2) is 5.11 Å². The average molecular weight is 298 g/mol. The lowest BCUT2D eigenvalue weighted by Crippen LogP contribution is -2.32. The fourth-order valence-corrected chi connectivity index (χ4v) is 4.26. The highest BCUT2D eigenvalue weighted by Crippen LogP contribution is 2.49. The van der Waals surface area contributed by atoms with Gasteiger partial charge in [-0.25, -0.2) is 0 Å². The lowest BCUT2D eigenvalue weighted by atomic mass is 9.67. The molecule has 4 heteroatoms. The molecule has 1 aliphatic rings. The molecule has 0 bridgehead atoms. The van der Waals surface area contributed by atoms with Gasteiger partial charge in [0.1, 0.15) is 6.10 Å². The van der Waals surface area contributed by atoms with Crippen LogP contribution in [0.1, 0.15) is 56.4 Å². The van der Waals surface area contributed by atoms with Crippen molar-refractivity contribution in [1.82, 2.24) is 0 Å². The first-order valence-corrected chi connectivity index (χ1v) is 8.20. The molecule has 0 saturated heterocycles. The topological polar surface area (TPSA) is 44.0 Å². The highest BCUT2D eigenvalue weighted by molar-refractivity contribution is 7.10. The molecule has 1 N–H and O–H groups in total.